The van der Waals surface area contributed by atoms with Crippen LogP contribution in [0.1, 0.15) is 20.9 Å². The van der Waals surface area contributed by atoms with E-state index in [1.807, 2.05) is 24.3 Å². The van der Waals surface area contributed by atoms with E-state index in [0.29, 0.717) is 42.8 Å². The summed E-state index contributed by atoms with van der Waals surface area (Å²) in [6, 6.07) is 18.1. The molecule has 2 aromatic heterocycles. The lowest BCUT2D eigenvalue weighted by molar-refractivity contribution is 0.0718. The molecule has 2 aromatic carbocycles. The van der Waals surface area contributed by atoms with Crippen molar-refractivity contribution in [3.63, 3.8) is 0 Å². The summed E-state index contributed by atoms with van der Waals surface area (Å²) in [4.78, 5) is 34.4. The van der Waals surface area contributed by atoms with Gasteiger partial charge in [0.15, 0.2) is 0 Å². The lowest BCUT2D eigenvalue weighted by Crippen LogP contribution is -2.49. The number of para-hydroxylation sites is 1. The average molecular weight is 444 g/mol. The molecule has 0 unspecified atom stereocenters. The van der Waals surface area contributed by atoms with Crippen LogP contribution in [0.2, 0.25) is 0 Å². The van der Waals surface area contributed by atoms with Crippen LogP contribution in [-0.4, -0.2) is 47.9 Å². The fourth-order valence-electron chi connectivity index (χ4n) is 3.93. The Labute approximate surface area is 189 Å². The number of aromatic nitrogens is 1. The summed E-state index contributed by atoms with van der Waals surface area (Å²) in [5.41, 5.74) is 1.10. The number of piperazine rings is 1. The Morgan fingerprint density at radius 2 is 1.64 bits per heavy atom. The zero-order valence-electron chi connectivity index (χ0n) is 17.7. The Kier molecular flexibility index (Phi) is 5.48. The van der Waals surface area contributed by atoms with Crippen molar-refractivity contribution in [2.24, 2.45) is 0 Å². The number of rotatable bonds is 4. The molecule has 33 heavy (non-hydrogen) atoms. The predicted molar refractivity (Wildman–Crippen MR) is 123 cm³/mol. The van der Waals surface area contributed by atoms with Gasteiger partial charge in [0.25, 0.3) is 11.8 Å². The number of benzene rings is 2. The van der Waals surface area contributed by atoms with Gasteiger partial charge in [0.1, 0.15) is 22.9 Å². The van der Waals surface area contributed by atoms with Crippen LogP contribution in [0, 0.1) is 5.82 Å². The highest BCUT2D eigenvalue weighted by Crippen LogP contribution is 2.32. The van der Waals surface area contributed by atoms with Gasteiger partial charge in [0.2, 0.25) is 5.76 Å². The van der Waals surface area contributed by atoms with Crippen LogP contribution in [0.4, 0.5) is 15.9 Å². The number of furan rings is 1. The third-order valence-electron chi connectivity index (χ3n) is 5.67. The molecule has 8 heteroatoms. The van der Waals surface area contributed by atoms with Crippen molar-refractivity contribution in [3.8, 4) is 0 Å². The molecule has 4 aromatic rings. The van der Waals surface area contributed by atoms with Gasteiger partial charge in [0.05, 0.1) is 0 Å². The van der Waals surface area contributed by atoms with E-state index in [2.05, 4.69) is 15.2 Å². The second kappa shape index (κ2) is 8.74. The number of pyridine rings is 1. The van der Waals surface area contributed by atoms with Gasteiger partial charge in [-0.3, -0.25) is 9.59 Å². The van der Waals surface area contributed by atoms with Gasteiger partial charge in [-0.15, -0.1) is 0 Å². The van der Waals surface area contributed by atoms with E-state index in [0.717, 1.165) is 5.82 Å². The lowest BCUT2D eigenvalue weighted by Gasteiger charge is -2.35. The largest absolute Gasteiger partial charge is 0.449 e. The summed E-state index contributed by atoms with van der Waals surface area (Å²) in [5.74, 6) is -0.212. The van der Waals surface area contributed by atoms with Gasteiger partial charge in [0, 0.05) is 43.3 Å². The highest BCUT2D eigenvalue weighted by atomic mass is 19.1. The number of hydrogen-bond donors (Lipinski definition) is 1. The van der Waals surface area contributed by atoms with Crippen LogP contribution in [0.15, 0.2) is 77.3 Å². The number of carbonyl (C=O) groups excluding carboxylic acids is 2. The number of hydrogen-bond acceptors (Lipinski definition) is 5. The van der Waals surface area contributed by atoms with Gasteiger partial charge in [-0.25, -0.2) is 9.37 Å². The molecule has 0 atom stereocenters. The van der Waals surface area contributed by atoms with Gasteiger partial charge in [-0.05, 0) is 48.5 Å². The van der Waals surface area contributed by atoms with Crippen LogP contribution in [0.5, 0.6) is 0 Å². The molecule has 3 heterocycles. The first-order valence-corrected chi connectivity index (χ1v) is 10.6. The van der Waals surface area contributed by atoms with Crippen LogP contribution < -0.4 is 10.2 Å². The number of amides is 2. The molecular formula is C25H21FN4O3. The fourth-order valence-corrected chi connectivity index (χ4v) is 3.93. The number of anilines is 2. The first kappa shape index (κ1) is 20.7. The molecule has 0 spiro atoms. The van der Waals surface area contributed by atoms with Crippen molar-refractivity contribution in [1.82, 2.24) is 9.88 Å². The molecular weight excluding hydrogens is 423 g/mol. The van der Waals surface area contributed by atoms with Crippen molar-refractivity contribution < 1.29 is 18.4 Å². The minimum absolute atomic E-state index is 0.0814. The minimum Gasteiger partial charge on any atom is -0.449 e. The standard InChI is InChI=1S/C25H21FN4O3/c26-18-10-8-17(9-11-18)24(31)28-22-19-5-1-2-6-20(19)33-23(22)25(32)30-15-13-29(14-16-30)21-7-3-4-12-27-21/h1-12H,13-16H2,(H,28,31). The Morgan fingerprint density at radius 3 is 2.36 bits per heavy atom. The van der Waals surface area contributed by atoms with Gasteiger partial charge >= 0.3 is 0 Å². The van der Waals surface area contributed by atoms with E-state index in [9.17, 15) is 14.0 Å². The van der Waals surface area contributed by atoms with Crippen molar-refractivity contribution in [3.05, 3.63) is 90.1 Å². The van der Waals surface area contributed by atoms with E-state index in [-0.39, 0.29) is 17.2 Å². The van der Waals surface area contributed by atoms with Crippen molar-refractivity contribution >= 4 is 34.3 Å². The smallest absolute Gasteiger partial charge is 0.291 e. The summed E-state index contributed by atoms with van der Waals surface area (Å²) in [6.07, 6.45) is 1.75. The molecule has 0 aliphatic carbocycles. The van der Waals surface area contributed by atoms with Gasteiger partial charge < -0.3 is 19.5 Å². The maximum absolute atomic E-state index is 13.4. The van der Waals surface area contributed by atoms with Crippen LogP contribution in [-0.2, 0) is 0 Å². The summed E-state index contributed by atoms with van der Waals surface area (Å²) < 4.78 is 19.1. The lowest BCUT2D eigenvalue weighted by atomic mass is 10.1. The Morgan fingerprint density at radius 1 is 0.909 bits per heavy atom. The van der Waals surface area contributed by atoms with E-state index < -0.39 is 11.7 Å². The normalized spacial score (nSPS) is 13.8. The molecule has 1 aliphatic heterocycles. The van der Waals surface area contributed by atoms with Gasteiger partial charge in [-0.2, -0.15) is 0 Å². The SMILES string of the molecule is O=C(Nc1c(C(=O)N2CCN(c3ccccn3)CC2)oc2ccccc12)c1ccc(F)cc1. The molecule has 1 saturated heterocycles. The highest BCUT2D eigenvalue weighted by molar-refractivity contribution is 6.14. The predicted octanol–water partition coefficient (Wildman–Crippen LogP) is 4.18. The third-order valence-corrected chi connectivity index (χ3v) is 5.67. The van der Waals surface area contributed by atoms with Crippen LogP contribution in [0.3, 0.4) is 0 Å². The van der Waals surface area contributed by atoms with E-state index >= 15 is 0 Å². The average Bonchev–Trinajstić information content (AvgIpc) is 3.23. The summed E-state index contributed by atoms with van der Waals surface area (Å²) in [5, 5.41) is 3.43. The molecule has 0 saturated carbocycles. The van der Waals surface area contributed by atoms with E-state index in [4.69, 9.17) is 4.42 Å². The number of nitrogens with zero attached hydrogens (tertiary/aromatic N) is 3. The first-order valence-electron chi connectivity index (χ1n) is 10.6. The number of carbonyl (C=O) groups is 2. The van der Waals surface area contributed by atoms with Gasteiger partial charge in [-0.1, -0.05) is 18.2 Å². The molecule has 1 N–H and O–H groups in total. The monoisotopic (exact) mass is 444 g/mol. The number of fused-ring (bicyclic) bond motifs is 1. The molecule has 0 bridgehead atoms. The van der Waals surface area contributed by atoms with Crippen molar-refractivity contribution in [2.45, 2.75) is 0 Å². The topological polar surface area (TPSA) is 78.7 Å². The second-order valence-corrected chi connectivity index (χ2v) is 7.73. The molecule has 5 rings (SSSR count). The molecule has 0 radical (unpaired) electrons. The van der Waals surface area contributed by atoms with Crippen molar-refractivity contribution in [1.29, 1.82) is 0 Å². The Bertz CT molecular complexity index is 1300. The summed E-state index contributed by atoms with van der Waals surface area (Å²) >= 11 is 0. The maximum atomic E-state index is 13.4. The minimum atomic E-state index is -0.449. The molecule has 2 amide bonds. The van der Waals surface area contributed by atoms with Crippen LogP contribution >= 0.6 is 0 Å². The third kappa shape index (κ3) is 4.15. The number of halogens is 1. The molecule has 166 valence electrons. The zero-order chi connectivity index (χ0) is 22.8. The molecule has 1 aliphatic rings. The summed E-state index contributed by atoms with van der Waals surface area (Å²) in [6.45, 7) is 2.27. The quantitative estimate of drug-likeness (QED) is 0.511. The number of nitrogens with one attached hydrogen (secondary N) is 1. The van der Waals surface area contributed by atoms with Crippen LogP contribution in [0.25, 0.3) is 11.0 Å². The van der Waals surface area contributed by atoms with E-state index in [1.54, 1.807) is 29.3 Å². The summed E-state index contributed by atoms with van der Waals surface area (Å²) in [7, 11) is 0. The zero-order valence-corrected chi connectivity index (χ0v) is 17.7. The van der Waals surface area contributed by atoms with E-state index in [1.165, 1.54) is 24.3 Å². The fraction of sp³-hybridized carbons (Fsp3) is 0.160. The highest BCUT2D eigenvalue weighted by Gasteiger charge is 2.29. The Balaban J connectivity index is 1.39. The molecule has 7 nitrogen and oxygen atoms in total. The second-order valence-electron chi connectivity index (χ2n) is 7.73. The molecule has 1 fully saturated rings. The maximum Gasteiger partial charge on any atom is 0.291 e. The Hall–Kier alpha value is -4.20. The first-order chi connectivity index (χ1) is 16.1. The van der Waals surface area contributed by atoms with Crippen molar-refractivity contribution in [2.75, 3.05) is 36.4 Å².